The van der Waals surface area contributed by atoms with Crippen LogP contribution in [0, 0.1) is 0 Å². The lowest BCUT2D eigenvalue weighted by atomic mass is 9.99. The molecule has 1 aliphatic heterocycles. The Morgan fingerprint density at radius 3 is 2.50 bits per heavy atom. The van der Waals surface area contributed by atoms with E-state index in [1.165, 1.54) is 0 Å². The van der Waals surface area contributed by atoms with Crippen molar-refractivity contribution < 1.29 is 4.79 Å². The molecule has 24 heavy (non-hydrogen) atoms. The van der Waals surface area contributed by atoms with Crippen LogP contribution in [0.15, 0.2) is 77.9 Å². The Morgan fingerprint density at radius 1 is 0.917 bits per heavy atom. The smallest absolute Gasteiger partial charge is 0.212 e. The number of pyridine rings is 1. The fourth-order valence-electron chi connectivity index (χ4n) is 2.89. The average Bonchev–Trinajstić information content (AvgIpc) is 2.78. The SMILES string of the molecule is CN1c2ccccc2C(C(=O)c2ccccc2)=Nc2cccnc21. The Balaban J connectivity index is 1.96. The summed E-state index contributed by atoms with van der Waals surface area (Å²) >= 11 is 0. The van der Waals surface area contributed by atoms with E-state index in [1.807, 2.05) is 78.7 Å². The first kappa shape index (κ1) is 14.3. The molecule has 2 heterocycles. The highest BCUT2D eigenvalue weighted by Crippen LogP contribution is 2.37. The number of benzene rings is 2. The normalized spacial score (nSPS) is 12.7. The summed E-state index contributed by atoms with van der Waals surface area (Å²) in [4.78, 5) is 24.1. The Hall–Kier alpha value is -3.27. The summed E-state index contributed by atoms with van der Waals surface area (Å²) in [5, 5.41) is 0. The number of rotatable bonds is 2. The summed E-state index contributed by atoms with van der Waals surface area (Å²) in [6.45, 7) is 0. The van der Waals surface area contributed by atoms with Crippen molar-refractivity contribution in [2.45, 2.75) is 0 Å². The van der Waals surface area contributed by atoms with Crippen LogP contribution in [0.1, 0.15) is 15.9 Å². The monoisotopic (exact) mass is 313 g/mol. The Bertz CT molecular complexity index is 948. The predicted octanol–water partition coefficient (Wildman–Crippen LogP) is 4.17. The zero-order valence-electron chi connectivity index (χ0n) is 13.2. The van der Waals surface area contributed by atoms with E-state index in [2.05, 4.69) is 9.98 Å². The minimum Gasteiger partial charge on any atom is -0.327 e. The van der Waals surface area contributed by atoms with E-state index in [1.54, 1.807) is 6.20 Å². The van der Waals surface area contributed by atoms with Crippen LogP contribution in [-0.2, 0) is 0 Å². The molecule has 4 rings (SSSR count). The van der Waals surface area contributed by atoms with Gasteiger partial charge in [-0.1, -0.05) is 48.5 Å². The molecule has 2 aromatic carbocycles. The molecule has 3 aromatic rings. The van der Waals surface area contributed by atoms with Gasteiger partial charge in [-0.15, -0.1) is 0 Å². The van der Waals surface area contributed by atoms with Gasteiger partial charge in [-0.2, -0.15) is 0 Å². The summed E-state index contributed by atoms with van der Waals surface area (Å²) in [6.07, 6.45) is 1.73. The summed E-state index contributed by atoms with van der Waals surface area (Å²) < 4.78 is 0. The summed E-state index contributed by atoms with van der Waals surface area (Å²) in [7, 11) is 1.94. The van der Waals surface area contributed by atoms with Gasteiger partial charge < -0.3 is 4.90 Å². The van der Waals surface area contributed by atoms with Gasteiger partial charge in [0.05, 0.1) is 5.69 Å². The molecule has 0 aliphatic carbocycles. The molecule has 0 saturated carbocycles. The molecule has 0 N–H and O–H groups in total. The van der Waals surface area contributed by atoms with Crippen molar-refractivity contribution in [2.24, 2.45) is 4.99 Å². The van der Waals surface area contributed by atoms with E-state index in [0.29, 0.717) is 17.0 Å². The first-order chi connectivity index (χ1) is 11.8. The van der Waals surface area contributed by atoms with Gasteiger partial charge in [0.1, 0.15) is 11.4 Å². The second kappa shape index (κ2) is 5.74. The molecule has 0 bridgehead atoms. The number of aromatic nitrogens is 1. The molecule has 0 atom stereocenters. The molecule has 4 nitrogen and oxygen atoms in total. The number of fused-ring (bicyclic) bond motifs is 2. The van der Waals surface area contributed by atoms with Crippen molar-refractivity contribution in [3.63, 3.8) is 0 Å². The molecular formula is C20H15N3O. The maximum absolute atomic E-state index is 13.1. The van der Waals surface area contributed by atoms with E-state index >= 15 is 0 Å². The molecule has 0 amide bonds. The van der Waals surface area contributed by atoms with Crippen molar-refractivity contribution in [3.8, 4) is 0 Å². The van der Waals surface area contributed by atoms with Crippen LogP contribution in [0.25, 0.3) is 0 Å². The van der Waals surface area contributed by atoms with Crippen LogP contribution in [-0.4, -0.2) is 23.5 Å². The number of hydrogen-bond donors (Lipinski definition) is 0. The third-order valence-electron chi connectivity index (χ3n) is 4.09. The second-order valence-corrected chi connectivity index (χ2v) is 5.58. The fourth-order valence-corrected chi connectivity index (χ4v) is 2.89. The van der Waals surface area contributed by atoms with Gasteiger partial charge in [-0.25, -0.2) is 9.98 Å². The van der Waals surface area contributed by atoms with Gasteiger partial charge in [0.2, 0.25) is 5.78 Å². The predicted molar refractivity (Wildman–Crippen MR) is 95.7 cm³/mol. The maximum Gasteiger partial charge on any atom is 0.212 e. The summed E-state index contributed by atoms with van der Waals surface area (Å²) in [6, 6.07) is 20.7. The minimum absolute atomic E-state index is 0.0897. The molecule has 4 heteroatoms. The second-order valence-electron chi connectivity index (χ2n) is 5.58. The lowest BCUT2D eigenvalue weighted by molar-refractivity contribution is 0.106. The summed E-state index contributed by atoms with van der Waals surface area (Å²) in [5.41, 5.74) is 3.48. The molecular weight excluding hydrogens is 298 g/mol. The molecule has 116 valence electrons. The molecule has 0 saturated heterocycles. The zero-order chi connectivity index (χ0) is 16.5. The first-order valence-corrected chi connectivity index (χ1v) is 7.72. The fraction of sp³-hybridized carbons (Fsp3) is 0.0500. The number of ketones is 1. The minimum atomic E-state index is -0.0897. The van der Waals surface area contributed by atoms with E-state index in [4.69, 9.17) is 0 Å². The molecule has 1 aromatic heterocycles. The van der Waals surface area contributed by atoms with Crippen LogP contribution >= 0.6 is 0 Å². The van der Waals surface area contributed by atoms with E-state index in [-0.39, 0.29) is 5.78 Å². The largest absolute Gasteiger partial charge is 0.327 e. The number of anilines is 2. The molecule has 0 fully saturated rings. The number of nitrogens with zero attached hydrogens (tertiary/aromatic N) is 3. The quantitative estimate of drug-likeness (QED) is 0.667. The Labute approximate surface area is 140 Å². The van der Waals surface area contributed by atoms with Gasteiger partial charge in [0.15, 0.2) is 5.82 Å². The third kappa shape index (κ3) is 2.29. The van der Waals surface area contributed by atoms with Gasteiger partial charge in [0, 0.05) is 24.4 Å². The van der Waals surface area contributed by atoms with Crippen molar-refractivity contribution in [1.29, 1.82) is 0 Å². The maximum atomic E-state index is 13.1. The van der Waals surface area contributed by atoms with E-state index in [0.717, 1.165) is 17.1 Å². The van der Waals surface area contributed by atoms with Crippen LogP contribution in [0.2, 0.25) is 0 Å². The number of carbonyl (C=O) groups excluding carboxylic acids is 1. The van der Waals surface area contributed by atoms with Gasteiger partial charge in [0.25, 0.3) is 0 Å². The number of para-hydroxylation sites is 1. The first-order valence-electron chi connectivity index (χ1n) is 7.72. The van der Waals surface area contributed by atoms with E-state index in [9.17, 15) is 4.79 Å². The van der Waals surface area contributed by atoms with Crippen LogP contribution in [0.4, 0.5) is 17.2 Å². The zero-order valence-corrected chi connectivity index (χ0v) is 13.2. The van der Waals surface area contributed by atoms with Crippen LogP contribution in [0.3, 0.4) is 0 Å². The highest BCUT2D eigenvalue weighted by molar-refractivity contribution is 6.53. The molecule has 0 spiro atoms. The van der Waals surface area contributed by atoms with Gasteiger partial charge in [-0.3, -0.25) is 4.79 Å². The van der Waals surface area contributed by atoms with E-state index < -0.39 is 0 Å². The Morgan fingerprint density at radius 2 is 1.67 bits per heavy atom. The third-order valence-corrected chi connectivity index (χ3v) is 4.09. The highest BCUT2D eigenvalue weighted by atomic mass is 16.1. The summed E-state index contributed by atoms with van der Waals surface area (Å²) in [5.74, 6) is 0.647. The molecule has 0 unspecified atom stereocenters. The topological polar surface area (TPSA) is 45.6 Å². The standard InChI is InChI=1S/C20H15N3O/c1-23-17-12-6-5-10-15(17)18(19(24)14-8-3-2-4-9-14)22-16-11-7-13-21-20(16)23/h2-13H,1H3. The number of carbonyl (C=O) groups is 1. The van der Waals surface area contributed by atoms with Gasteiger partial charge in [-0.05, 0) is 18.2 Å². The van der Waals surface area contributed by atoms with Crippen molar-refractivity contribution >= 4 is 28.7 Å². The molecule has 0 radical (unpaired) electrons. The Kier molecular flexibility index (Phi) is 3.43. The van der Waals surface area contributed by atoms with Crippen LogP contribution in [0.5, 0.6) is 0 Å². The lowest BCUT2D eigenvalue weighted by Crippen LogP contribution is -2.18. The average molecular weight is 313 g/mol. The van der Waals surface area contributed by atoms with Crippen molar-refractivity contribution in [3.05, 3.63) is 84.1 Å². The van der Waals surface area contributed by atoms with Crippen molar-refractivity contribution in [1.82, 2.24) is 4.98 Å². The number of Topliss-reactive ketones (excluding diaryl/α,β-unsaturated/α-hetero) is 1. The van der Waals surface area contributed by atoms with Crippen molar-refractivity contribution in [2.75, 3.05) is 11.9 Å². The van der Waals surface area contributed by atoms with Gasteiger partial charge >= 0.3 is 0 Å². The number of hydrogen-bond acceptors (Lipinski definition) is 4. The highest BCUT2D eigenvalue weighted by Gasteiger charge is 2.25. The van der Waals surface area contributed by atoms with Crippen LogP contribution < -0.4 is 4.90 Å². The lowest BCUT2D eigenvalue weighted by Gasteiger charge is -2.19. The molecule has 1 aliphatic rings. The number of aliphatic imine (C=N–C) groups is 1.